The second-order valence-electron chi connectivity index (χ2n) is 4.50. The number of nitrogens with zero attached hydrogens (tertiary/aromatic N) is 2. The summed E-state index contributed by atoms with van der Waals surface area (Å²) in [6.45, 7) is 4.32. The molecule has 1 heterocycles. The van der Waals surface area contributed by atoms with Gasteiger partial charge in [0.1, 0.15) is 0 Å². The van der Waals surface area contributed by atoms with E-state index in [4.69, 9.17) is 4.74 Å². The van der Waals surface area contributed by atoms with Crippen LogP contribution in [-0.4, -0.2) is 30.0 Å². The monoisotopic (exact) mass is 401 g/mol. The highest BCUT2D eigenvalue weighted by molar-refractivity contribution is 9.11. The van der Waals surface area contributed by atoms with E-state index in [-0.39, 0.29) is 0 Å². The zero-order valence-electron chi connectivity index (χ0n) is 11.5. The van der Waals surface area contributed by atoms with Gasteiger partial charge >= 0.3 is 0 Å². The molecule has 6 heteroatoms. The SMILES string of the molecule is COCCNCc1ccn(-c2c(Br)cc(C)cc2Br)n1. The van der Waals surface area contributed by atoms with Crippen LogP contribution in [0.2, 0.25) is 0 Å². The summed E-state index contributed by atoms with van der Waals surface area (Å²) in [6, 6.07) is 6.18. The van der Waals surface area contributed by atoms with Gasteiger partial charge in [-0.15, -0.1) is 0 Å². The van der Waals surface area contributed by atoms with Crippen LogP contribution in [0.4, 0.5) is 0 Å². The Morgan fingerprint density at radius 2 is 2.00 bits per heavy atom. The van der Waals surface area contributed by atoms with Gasteiger partial charge in [-0.25, -0.2) is 4.68 Å². The van der Waals surface area contributed by atoms with E-state index in [1.165, 1.54) is 5.56 Å². The van der Waals surface area contributed by atoms with Gasteiger partial charge in [0, 0.05) is 35.3 Å². The fourth-order valence-corrected chi connectivity index (χ4v) is 3.66. The Hall–Kier alpha value is -0.690. The van der Waals surface area contributed by atoms with Gasteiger partial charge in [-0.3, -0.25) is 0 Å². The van der Waals surface area contributed by atoms with E-state index in [0.29, 0.717) is 6.61 Å². The summed E-state index contributed by atoms with van der Waals surface area (Å²) in [6.07, 6.45) is 1.97. The molecule has 108 valence electrons. The second-order valence-corrected chi connectivity index (χ2v) is 6.21. The first-order valence-electron chi connectivity index (χ1n) is 6.32. The first kappa shape index (κ1) is 15.7. The van der Waals surface area contributed by atoms with E-state index >= 15 is 0 Å². The molecule has 1 aromatic heterocycles. The molecular weight excluding hydrogens is 386 g/mol. The van der Waals surface area contributed by atoms with Gasteiger partial charge in [0.15, 0.2) is 0 Å². The summed E-state index contributed by atoms with van der Waals surface area (Å²) in [7, 11) is 1.70. The predicted octanol–water partition coefficient (Wildman–Crippen LogP) is 3.44. The van der Waals surface area contributed by atoms with Crippen molar-refractivity contribution in [3.8, 4) is 5.69 Å². The van der Waals surface area contributed by atoms with Gasteiger partial charge in [0.25, 0.3) is 0 Å². The number of hydrogen-bond donors (Lipinski definition) is 1. The predicted molar refractivity (Wildman–Crippen MR) is 87.3 cm³/mol. The van der Waals surface area contributed by atoms with Crippen molar-refractivity contribution in [3.05, 3.63) is 44.6 Å². The number of hydrogen-bond acceptors (Lipinski definition) is 3. The Balaban J connectivity index is 2.13. The second kappa shape index (κ2) is 7.36. The lowest BCUT2D eigenvalue weighted by Gasteiger charge is -2.09. The van der Waals surface area contributed by atoms with Crippen molar-refractivity contribution in [1.82, 2.24) is 15.1 Å². The zero-order valence-corrected chi connectivity index (χ0v) is 14.7. The Bertz CT molecular complexity index is 561. The Labute approximate surface area is 135 Å². The summed E-state index contributed by atoms with van der Waals surface area (Å²) < 4.78 is 8.91. The Kier molecular flexibility index (Phi) is 5.77. The molecule has 0 atom stereocenters. The molecule has 0 aliphatic carbocycles. The fourth-order valence-electron chi connectivity index (χ4n) is 1.88. The molecule has 1 N–H and O–H groups in total. The van der Waals surface area contributed by atoms with Gasteiger partial charge < -0.3 is 10.1 Å². The van der Waals surface area contributed by atoms with E-state index in [1.807, 2.05) is 16.9 Å². The van der Waals surface area contributed by atoms with Crippen molar-refractivity contribution in [3.63, 3.8) is 0 Å². The molecule has 1 aromatic carbocycles. The molecule has 0 aliphatic rings. The smallest absolute Gasteiger partial charge is 0.0929 e. The van der Waals surface area contributed by atoms with Crippen molar-refractivity contribution >= 4 is 31.9 Å². The van der Waals surface area contributed by atoms with Crippen LogP contribution in [0.25, 0.3) is 5.69 Å². The van der Waals surface area contributed by atoms with Crippen LogP contribution in [0.15, 0.2) is 33.3 Å². The lowest BCUT2D eigenvalue weighted by atomic mass is 10.2. The number of aromatic nitrogens is 2. The minimum Gasteiger partial charge on any atom is -0.383 e. The summed E-state index contributed by atoms with van der Waals surface area (Å²) >= 11 is 7.19. The maximum absolute atomic E-state index is 5.00. The normalized spacial score (nSPS) is 11.0. The molecule has 0 radical (unpaired) electrons. The Morgan fingerprint density at radius 3 is 2.65 bits per heavy atom. The number of benzene rings is 1. The molecule has 2 aromatic rings. The van der Waals surface area contributed by atoms with Gasteiger partial charge in [-0.1, -0.05) is 0 Å². The van der Waals surface area contributed by atoms with Crippen molar-refractivity contribution in [2.75, 3.05) is 20.3 Å². The summed E-state index contributed by atoms with van der Waals surface area (Å²) in [4.78, 5) is 0. The van der Waals surface area contributed by atoms with E-state index in [2.05, 4.69) is 61.3 Å². The topological polar surface area (TPSA) is 39.1 Å². The third-order valence-electron chi connectivity index (χ3n) is 2.82. The van der Waals surface area contributed by atoms with Crippen LogP contribution in [0, 0.1) is 6.92 Å². The summed E-state index contributed by atoms with van der Waals surface area (Å²) in [5, 5.41) is 7.86. The average Bonchev–Trinajstić information content (AvgIpc) is 2.82. The van der Waals surface area contributed by atoms with Gasteiger partial charge in [-0.05, 0) is 62.5 Å². The zero-order chi connectivity index (χ0) is 14.5. The van der Waals surface area contributed by atoms with E-state index in [1.54, 1.807) is 7.11 Å². The van der Waals surface area contributed by atoms with Crippen molar-refractivity contribution in [2.24, 2.45) is 0 Å². The van der Waals surface area contributed by atoms with Crippen LogP contribution in [-0.2, 0) is 11.3 Å². The van der Waals surface area contributed by atoms with Crippen molar-refractivity contribution < 1.29 is 4.74 Å². The number of aryl methyl sites for hydroxylation is 1. The molecule has 0 aliphatic heterocycles. The maximum Gasteiger partial charge on any atom is 0.0929 e. The van der Waals surface area contributed by atoms with Gasteiger partial charge in [0.05, 0.1) is 18.0 Å². The lowest BCUT2D eigenvalue weighted by Crippen LogP contribution is -2.18. The van der Waals surface area contributed by atoms with Crippen LogP contribution in [0.3, 0.4) is 0 Å². The molecule has 0 bridgehead atoms. The van der Waals surface area contributed by atoms with Crippen LogP contribution in [0.1, 0.15) is 11.3 Å². The number of halogens is 2. The molecule has 0 spiro atoms. The Morgan fingerprint density at radius 1 is 1.30 bits per heavy atom. The highest BCUT2D eigenvalue weighted by Gasteiger charge is 2.10. The molecule has 20 heavy (non-hydrogen) atoms. The molecule has 0 saturated carbocycles. The number of nitrogens with one attached hydrogen (secondary N) is 1. The largest absolute Gasteiger partial charge is 0.383 e. The minimum atomic E-state index is 0.704. The molecule has 0 saturated heterocycles. The van der Waals surface area contributed by atoms with Crippen LogP contribution in [0.5, 0.6) is 0 Å². The van der Waals surface area contributed by atoms with Crippen molar-refractivity contribution in [2.45, 2.75) is 13.5 Å². The average molecular weight is 403 g/mol. The third-order valence-corrected chi connectivity index (χ3v) is 4.03. The van der Waals surface area contributed by atoms with Crippen molar-refractivity contribution in [1.29, 1.82) is 0 Å². The first-order valence-corrected chi connectivity index (χ1v) is 7.90. The minimum absolute atomic E-state index is 0.704. The molecule has 0 fully saturated rings. The summed E-state index contributed by atoms with van der Waals surface area (Å²) in [5.41, 5.74) is 3.21. The highest BCUT2D eigenvalue weighted by Crippen LogP contribution is 2.30. The molecule has 2 rings (SSSR count). The van der Waals surface area contributed by atoms with Gasteiger partial charge in [0.2, 0.25) is 0 Å². The maximum atomic E-state index is 5.00. The molecule has 4 nitrogen and oxygen atoms in total. The fraction of sp³-hybridized carbons (Fsp3) is 0.357. The molecule has 0 amide bonds. The molecular formula is C14H17Br2N3O. The van der Waals surface area contributed by atoms with E-state index < -0.39 is 0 Å². The van der Waals surface area contributed by atoms with E-state index in [0.717, 1.165) is 33.4 Å². The molecule has 0 unspecified atom stereocenters. The van der Waals surface area contributed by atoms with Crippen LogP contribution < -0.4 is 5.32 Å². The number of ether oxygens (including phenoxy) is 1. The first-order chi connectivity index (χ1) is 9.61. The highest BCUT2D eigenvalue weighted by atomic mass is 79.9. The number of methoxy groups -OCH3 is 1. The third kappa shape index (κ3) is 3.91. The lowest BCUT2D eigenvalue weighted by molar-refractivity contribution is 0.199. The number of rotatable bonds is 6. The van der Waals surface area contributed by atoms with Gasteiger partial charge in [-0.2, -0.15) is 5.10 Å². The quantitative estimate of drug-likeness (QED) is 0.752. The standard InChI is InChI=1S/C14H17Br2N3O/c1-10-7-12(15)14(13(16)8-10)19-5-3-11(18-19)9-17-4-6-20-2/h3,5,7-8,17H,4,6,9H2,1-2H3. The van der Waals surface area contributed by atoms with E-state index in [9.17, 15) is 0 Å². The van der Waals surface area contributed by atoms with Crippen LogP contribution >= 0.6 is 31.9 Å². The summed E-state index contributed by atoms with van der Waals surface area (Å²) in [5.74, 6) is 0.